The first-order valence-corrected chi connectivity index (χ1v) is 16.1. The van der Waals surface area contributed by atoms with Crippen molar-refractivity contribution in [3.63, 3.8) is 0 Å². The Bertz CT molecular complexity index is 415. The standard InChI is InChI=1S/C27H50P2/c28-22-21-27(23-13-5-1-6-14-23,24-15-7-2-8-16-24)29(25-17-9-3-10-18-25)26-19-11-4-12-20-26/h23-26H,1-22,28H2. The monoisotopic (exact) mass is 436 g/mol. The van der Waals surface area contributed by atoms with Crippen LogP contribution in [0.15, 0.2) is 0 Å². The molecule has 1 atom stereocenters. The zero-order valence-electron chi connectivity index (χ0n) is 19.4. The number of rotatable bonds is 7. The summed E-state index contributed by atoms with van der Waals surface area (Å²) in [6.07, 6.45) is 34.4. The Morgan fingerprint density at radius 3 is 1.21 bits per heavy atom. The molecule has 0 nitrogen and oxygen atoms in total. The van der Waals surface area contributed by atoms with E-state index in [0.717, 1.165) is 28.3 Å². The summed E-state index contributed by atoms with van der Waals surface area (Å²) < 4.78 is 0. The summed E-state index contributed by atoms with van der Waals surface area (Å²) in [6, 6.07) is 0. The van der Waals surface area contributed by atoms with Gasteiger partial charge in [-0.25, -0.2) is 0 Å². The van der Waals surface area contributed by atoms with Gasteiger partial charge >= 0.3 is 0 Å². The molecule has 0 bridgehead atoms. The van der Waals surface area contributed by atoms with Crippen LogP contribution >= 0.6 is 17.2 Å². The lowest BCUT2D eigenvalue weighted by Crippen LogP contribution is -2.50. The first-order chi connectivity index (χ1) is 14.4. The van der Waals surface area contributed by atoms with E-state index in [4.69, 9.17) is 0 Å². The fourth-order valence-corrected chi connectivity index (χ4v) is 14.7. The van der Waals surface area contributed by atoms with Crippen molar-refractivity contribution in [2.75, 3.05) is 6.16 Å². The summed E-state index contributed by atoms with van der Waals surface area (Å²) in [5, 5.41) is 0.766. The van der Waals surface area contributed by atoms with Crippen LogP contribution < -0.4 is 0 Å². The van der Waals surface area contributed by atoms with Crippen LogP contribution in [0.5, 0.6) is 0 Å². The Kier molecular flexibility index (Phi) is 9.25. The highest BCUT2D eigenvalue weighted by Crippen LogP contribution is 2.72. The predicted molar refractivity (Wildman–Crippen MR) is 136 cm³/mol. The van der Waals surface area contributed by atoms with Gasteiger partial charge in [0, 0.05) is 0 Å². The second kappa shape index (κ2) is 11.6. The normalized spacial score (nSPS) is 27.5. The molecule has 4 saturated carbocycles. The Morgan fingerprint density at radius 2 is 0.862 bits per heavy atom. The number of hydrogen-bond acceptors (Lipinski definition) is 0. The maximum Gasteiger partial charge on any atom is -0.00299 e. The minimum atomic E-state index is 0.190. The van der Waals surface area contributed by atoms with Crippen molar-refractivity contribution >= 4 is 17.2 Å². The van der Waals surface area contributed by atoms with E-state index in [-0.39, 0.29) is 7.92 Å². The lowest BCUT2D eigenvalue weighted by molar-refractivity contribution is 0.163. The molecule has 4 aliphatic carbocycles. The fraction of sp³-hybridized carbons (Fsp3) is 1.00. The van der Waals surface area contributed by atoms with Gasteiger partial charge in [-0.1, -0.05) is 85.0 Å². The van der Waals surface area contributed by atoms with E-state index in [2.05, 4.69) is 9.24 Å². The van der Waals surface area contributed by atoms with Gasteiger partial charge in [-0.2, -0.15) is 0 Å². The summed E-state index contributed by atoms with van der Waals surface area (Å²) >= 11 is 0. The fourth-order valence-electron chi connectivity index (χ4n) is 8.42. The first kappa shape index (κ1) is 23.0. The van der Waals surface area contributed by atoms with Crippen LogP contribution in [0.3, 0.4) is 0 Å². The highest BCUT2D eigenvalue weighted by molar-refractivity contribution is 7.61. The molecule has 29 heavy (non-hydrogen) atoms. The van der Waals surface area contributed by atoms with E-state index in [1.807, 2.05) is 0 Å². The molecule has 1 unspecified atom stereocenters. The smallest absolute Gasteiger partial charge is 0.00299 e. The van der Waals surface area contributed by atoms with Gasteiger partial charge in [0.1, 0.15) is 0 Å². The molecule has 0 heterocycles. The van der Waals surface area contributed by atoms with Crippen molar-refractivity contribution in [1.82, 2.24) is 0 Å². The molecule has 0 N–H and O–H groups in total. The van der Waals surface area contributed by atoms with Gasteiger partial charge in [0.15, 0.2) is 0 Å². The van der Waals surface area contributed by atoms with Gasteiger partial charge in [-0.05, 0) is 92.3 Å². The molecule has 4 aliphatic rings. The molecule has 0 aromatic rings. The lowest BCUT2D eigenvalue weighted by Gasteiger charge is -2.59. The van der Waals surface area contributed by atoms with Crippen molar-refractivity contribution in [1.29, 1.82) is 0 Å². The van der Waals surface area contributed by atoms with Gasteiger partial charge in [-0.15, -0.1) is 9.24 Å². The third kappa shape index (κ3) is 5.27. The second-order valence-electron chi connectivity index (χ2n) is 11.2. The molecule has 2 heteroatoms. The minimum absolute atomic E-state index is 0.190. The maximum absolute atomic E-state index is 3.22. The first-order valence-electron chi connectivity index (χ1n) is 13.8. The Hall–Kier alpha value is 0.860. The van der Waals surface area contributed by atoms with Crippen molar-refractivity contribution in [3.05, 3.63) is 0 Å². The van der Waals surface area contributed by atoms with Gasteiger partial charge in [-0.3, -0.25) is 0 Å². The van der Waals surface area contributed by atoms with Gasteiger partial charge in [0.25, 0.3) is 0 Å². The SMILES string of the molecule is PCCC(C1CCCCC1)(C1CCCCC1)P(C1CCCCC1)C1CCCCC1. The highest BCUT2D eigenvalue weighted by Gasteiger charge is 2.53. The van der Waals surface area contributed by atoms with Crippen LogP contribution in [0.1, 0.15) is 135 Å². The van der Waals surface area contributed by atoms with E-state index in [1.54, 1.807) is 109 Å². The summed E-state index contributed by atoms with van der Waals surface area (Å²) in [4.78, 5) is 0. The van der Waals surface area contributed by atoms with E-state index in [9.17, 15) is 0 Å². The molecule has 0 spiro atoms. The van der Waals surface area contributed by atoms with Crippen LogP contribution in [0.4, 0.5) is 0 Å². The quantitative estimate of drug-likeness (QED) is 0.349. The van der Waals surface area contributed by atoms with Crippen molar-refractivity contribution < 1.29 is 0 Å². The van der Waals surface area contributed by atoms with Gasteiger partial charge in [0.2, 0.25) is 0 Å². The molecule has 0 aliphatic heterocycles. The van der Waals surface area contributed by atoms with E-state index >= 15 is 0 Å². The Labute approximate surface area is 186 Å². The topological polar surface area (TPSA) is 0 Å². The van der Waals surface area contributed by atoms with Crippen LogP contribution in [0.2, 0.25) is 0 Å². The van der Waals surface area contributed by atoms with Gasteiger partial charge in [0.05, 0.1) is 0 Å². The van der Waals surface area contributed by atoms with Crippen LogP contribution in [0.25, 0.3) is 0 Å². The zero-order chi connectivity index (χ0) is 19.9. The molecular weight excluding hydrogens is 386 g/mol. The largest absolute Gasteiger partial charge is 0.138 e. The number of hydrogen-bond donors (Lipinski definition) is 0. The Morgan fingerprint density at radius 1 is 0.517 bits per heavy atom. The molecule has 4 fully saturated rings. The van der Waals surface area contributed by atoms with Crippen LogP contribution in [-0.2, 0) is 0 Å². The van der Waals surface area contributed by atoms with Crippen molar-refractivity contribution in [2.24, 2.45) is 11.8 Å². The maximum atomic E-state index is 3.22. The van der Waals surface area contributed by atoms with Crippen LogP contribution in [0, 0.1) is 11.8 Å². The predicted octanol–water partition coefficient (Wildman–Crippen LogP) is 9.30. The third-order valence-electron chi connectivity index (χ3n) is 9.59. The van der Waals surface area contributed by atoms with Crippen molar-refractivity contribution in [2.45, 2.75) is 151 Å². The molecule has 0 radical (unpaired) electrons. The second-order valence-corrected chi connectivity index (χ2v) is 14.9. The summed E-state index contributed by atoms with van der Waals surface area (Å²) in [5.74, 6) is 2.18. The average molecular weight is 437 g/mol. The molecule has 0 saturated heterocycles. The summed E-state index contributed by atoms with van der Waals surface area (Å²) in [7, 11) is 3.41. The zero-order valence-corrected chi connectivity index (χ0v) is 21.4. The average Bonchev–Trinajstić information content (AvgIpc) is 2.81. The molecule has 0 aromatic heterocycles. The van der Waals surface area contributed by atoms with Crippen LogP contribution in [-0.4, -0.2) is 22.6 Å². The lowest BCUT2D eigenvalue weighted by atomic mass is 9.67. The third-order valence-corrected chi connectivity index (χ3v) is 14.4. The summed E-state index contributed by atoms with van der Waals surface area (Å²) in [6.45, 7) is 0. The molecule has 4 rings (SSSR count). The van der Waals surface area contributed by atoms with E-state index in [0.29, 0.717) is 0 Å². The molecular formula is C27H50P2. The van der Waals surface area contributed by atoms with E-state index in [1.165, 1.54) is 31.8 Å². The molecule has 168 valence electrons. The highest BCUT2D eigenvalue weighted by atomic mass is 31.1. The Balaban J connectivity index is 1.73. The van der Waals surface area contributed by atoms with Gasteiger partial charge < -0.3 is 0 Å². The minimum Gasteiger partial charge on any atom is -0.138 e. The summed E-state index contributed by atoms with van der Waals surface area (Å²) in [5.41, 5.74) is 2.28. The van der Waals surface area contributed by atoms with Crippen molar-refractivity contribution in [3.8, 4) is 0 Å². The van der Waals surface area contributed by atoms with E-state index < -0.39 is 0 Å². The molecule has 0 amide bonds. The molecule has 0 aromatic carbocycles.